The van der Waals surface area contributed by atoms with Gasteiger partial charge < -0.3 is 9.73 Å². The summed E-state index contributed by atoms with van der Waals surface area (Å²) in [6.45, 7) is 9.46. The number of hydrogen-bond acceptors (Lipinski definition) is 4. The summed E-state index contributed by atoms with van der Waals surface area (Å²) >= 11 is 0. The molecule has 0 aliphatic carbocycles. The molecule has 4 heteroatoms. The summed E-state index contributed by atoms with van der Waals surface area (Å²) in [6.07, 6.45) is 4.05. The van der Waals surface area contributed by atoms with Crippen LogP contribution in [0.15, 0.2) is 10.5 Å². The molecule has 2 saturated heterocycles. The Morgan fingerprint density at radius 2 is 2.10 bits per heavy atom. The molecule has 2 aliphatic rings. The number of likely N-dealkylation sites (N-methyl/N-ethyl adjacent to an activating group) is 1. The average Bonchev–Trinajstić information content (AvgIpc) is 2.91. The first kappa shape index (κ1) is 15.1. The van der Waals surface area contributed by atoms with Crippen molar-refractivity contribution in [3.63, 3.8) is 0 Å². The highest BCUT2D eigenvalue weighted by molar-refractivity contribution is 5.20. The lowest BCUT2D eigenvalue weighted by Gasteiger charge is -2.24. The predicted molar refractivity (Wildman–Crippen MR) is 85.3 cm³/mol. The van der Waals surface area contributed by atoms with Gasteiger partial charge in [0.2, 0.25) is 0 Å². The van der Waals surface area contributed by atoms with E-state index in [2.05, 4.69) is 42.1 Å². The molecule has 4 nitrogen and oxygen atoms in total. The molecule has 1 aromatic heterocycles. The monoisotopic (exact) mass is 291 g/mol. The Morgan fingerprint density at radius 1 is 1.29 bits per heavy atom. The average molecular weight is 291 g/mol. The SMILES string of the molecule is CCNCc1oc(CN2CCC3CCC(C2)N3C)cc1C. The minimum absolute atomic E-state index is 0.745. The van der Waals surface area contributed by atoms with Crippen LogP contribution in [0.2, 0.25) is 0 Å². The normalized spacial score (nSPS) is 27.2. The van der Waals surface area contributed by atoms with Crippen molar-refractivity contribution < 1.29 is 4.42 Å². The van der Waals surface area contributed by atoms with Crippen molar-refractivity contribution in [3.8, 4) is 0 Å². The summed E-state index contributed by atoms with van der Waals surface area (Å²) < 4.78 is 6.05. The number of rotatable bonds is 5. The van der Waals surface area contributed by atoms with Gasteiger partial charge in [-0.15, -0.1) is 0 Å². The lowest BCUT2D eigenvalue weighted by Crippen LogP contribution is -2.36. The van der Waals surface area contributed by atoms with E-state index in [0.717, 1.165) is 43.2 Å². The van der Waals surface area contributed by atoms with Crippen molar-refractivity contribution in [1.29, 1.82) is 0 Å². The van der Waals surface area contributed by atoms with Gasteiger partial charge >= 0.3 is 0 Å². The molecule has 0 spiro atoms. The quantitative estimate of drug-likeness (QED) is 0.902. The molecule has 0 aromatic carbocycles. The second-order valence-corrected chi connectivity index (χ2v) is 6.67. The van der Waals surface area contributed by atoms with E-state index in [-0.39, 0.29) is 0 Å². The van der Waals surface area contributed by atoms with Gasteiger partial charge in [-0.1, -0.05) is 6.92 Å². The minimum atomic E-state index is 0.745. The van der Waals surface area contributed by atoms with Gasteiger partial charge in [0.05, 0.1) is 13.1 Å². The zero-order valence-corrected chi connectivity index (χ0v) is 13.7. The molecule has 21 heavy (non-hydrogen) atoms. The van der Waals surface area contributed by atoms with Crippen molar-refractivity contribution in [2.45, 2.75) is 58.3 Å². The van der Waals surface area contributed by atoms with Crippen molar-refractivity contribution >= 4 is 0 Å². The predicted octanol–water partition coefficient (Wildman–Crippen LogP) is 2.37. The number of nitrogens with zero attached hydrogens (tertiary/aromatic N) is 2. The Kier molecular flexibility index (Phi) is 4.67. The summed E-state index contributed by atoms with van der Waals surface area (Å²) in [5.74, 6) is 2.22. The Balaban J connectivity index is 1.61. The highest BCUT2D eigenvalue weighted by Crippen LogP contribution is 2.29. The molecule has 0 radical (unpaired) electrons. The van der Waals surface area contributed by atoms with Gasteiger partial charge in [0.15, 0.2) is 0 Å². The highest BCUT2D eigenvalue weighted by atomic mass is 16.3. The van der Waals surface area contributed by atoms with E-state index < -0.39 is 0 Å². The molecule has 2 bridgehead atoms. The molecule has 0 saturated carbocycles. The number of nitrogens with one attached hydrogen (secondary N) is 1. The fourth-order valence-electron chi connectivity index (χ4n) is 3.83. The third kappa shape index (κ3) is 3.33. The fourth-order valence-corrected chi connectivity index (χ4v) is 3.83. The number of hydrogen-bond donors (Lipinski definition) is 1. The Labute approximate surface area is 128 Å². The zero-order chi connectivity index (χ0) is 14.8. The molecule has 0 amide bonds. The zero-order valence-electron chi connectivity index (χ0n) is 13.7. The topological polar surface area (TPSA) is 31.7 Å². The van der Waals surface area contributed by atoms with Crippen LogP contribution in [0.4, 0.5) is 0 Å². The molecule has 3 heterocycles. The number of fused-ring (bicyclic) bond motifs is 2. The fraction of sp³-hybridized carbons (Fsp3) is 0.765. The summed E-state index contributed by atoms with van der Waals surface area (Å²) in [4.78, 5) is 5.18. The van der Waals surface area contributed by atoms with Crippen LogP contribution in [0.3, 0.4) is 0 Å². The first-order valence-electron chi connectivity index (χ1n) is 8.40. The minimum Gasteiger partial charge on any atom is -0.463 e. The van der Waals surface area contributed by atoms with Crippen LogP contribution in [-0.2, 0) is 13.1 Å². The maximum atomic E-state index is 6.05. The molecule has 2 aliphatic heterocycles. The van der Waals surface area contributed by atoms with Gasteiger partial charge in [0.1, 0.15) is 11.5 Å². The van der Waals surface area contributed by atoms with Crippen LogP contribution >= 0.6 is 0 Å². The van der Waals surface area contributed by atoms with Gasteiger partial charge in [-0.2, -0.15) is 0 Å². The summed E-state index contributed by atoms with van der Waals surface area (Å²) in [5, 5.41) is 3.35. The molecule has 1 aromatic rings. The molecular weight excluding hydrogens is 262 g/mol. The van der Waals surface area contributed by atoms with Gasteiger partial charge in [-0.3, -0.25) is 9.80 Å². The first-order valence-corrected chi connectivity index (χ1v) is 8.40. The van der Waals surface area contributed by atoms with E-state index in [1.54, 1.807) is 0 Å². The van der Waals surface area contributed by atoms with E-state index in [1.807, 2.05) is 0 Å². The lowest BCUT2D eigenvalue weighted by molar-refractivity contribution is 0.203. The highest BCUT2D eigenvalue weighted by Gasteiger charge is 2.34. The molecule has 1 N–H and O–H groups in total. The second kappa shape index (κ2) is 6.51. The lowest BCUT2D eigenvalue weighted by atomic mass is 10.1. The number of aryl methyl sites for hydroxylation is 1. The Hall–Kier alpha value is -0.840. The number of likely N-dealkylation sites (tertiary alicyclic amines) is 1. The maximum absolute atomic E-state index is 6.05. The molecule has 3 rings (SSSR count). The van der Waals surface area contributed by atoms with Crippen molar-refractivity contribution in [2.24, 2.45) is 0 Å². The summed E-state index contributed by atoms with van der Waals surface area (Å²) in [7, 11) is 2.30. The van der Waals surface area contributed by atoms with Crippen LogP contribution in [0.5, 0.6) is 0 Å². The third-order valence-electron chi connectivity index (χ3n) is 5.22. The summed E-state index contributed by atoms with van der Waals surface area (Å²) in [6, 6.07) is 3.77. The standard InChI is InChI=1S/C17H29N3O/c1-4-18-10-17-13(2)9-16(21-17)12-20-8-7-14-5-6-15(11-20)19(14)3/h9,14-15,18H,4-8,10-12H2,1-3H3. The van der Waals surface area contributed by atoms with Crippen LogP contribution in [0.1, 0.15) is 43.3 Å². The second-order valence-electron chi connectivity index (χ2n) is 6.67. The Bertz CT molecular complexity index is 471. The third-order valence-corrected chi connectivity index (χ3v) is 5.22. The van der Waals surface area contributed by atoms with Crippen molar-refractivity contribution in [2.75, 3.05) is 26.7 Å². The maximum Gasteiger partial charge on any atom is 0.120 e. The van der Waals surface area contributed by atoms with Crippen molar-refractivity contribution in [1.82, 2.24) is 15.1 Å². The van der Waals surface area contributed by atoms with Gasteiger partial charge in [0.25, 0.3) is 0 Å². The van der Waals surface area contributed by atoms with Crippen LogP contribution in [0, 0.1) is 6.92 Å². The van der Waals surface area contributed by atoms with E-state index in [4.69, 9.17) is 4.42 Å². The molecule has 2 atom stereocenters. The van der Waals surface area contributed by atoms with Gasteiger partial charge in [-0.05, 0) is 51.4 Å². The van der Waals surface area contributed by atoms with Gasteiger partial charge in [0, 0.05) is 25.2 Å². The van der Waals surface area contributed by atoms with E-state index in [9.17, 15) is 0 Å². The van der Waals surface area contributed by atoms with E-state index >= 15 is 0 Å². The molecular formula is C17H29N3O. The molecule has 2 unspecified atom stereocenters. The van der Waals surface area contributed by atoms with Crippen LogP contribution in [-0.4, -0.2) is 48.6 Å². The first-order chi connectivity index (χ1) is 10.2. The van der Waals surface area contributed by atoms with Gasteiger partial charge in [-0.25, -0.2) is 0 Å². The van der Waals surface area contributed by atoms with E-state index in [1.165, 1.54) is 37.9 Å². The smallest absolute Gasteiger partial charge is 0.120 e. The molecule has 2 fully saturated rings. The molecule has 118 valence electrons. The summed E-state index contributed by atoms with van der Waals surface area (Å²) in [5.41, 5.74) is 1.28. The van der Waals surface area contributed by atoms with Crippen LogP contribution < -0.4 is 5.32 Å². The number of furan rings is 1. The van der Waals surface area contributed by atoms with Crippen LogP contribution in [0.25, 0.3) is 0 Å². The largest absolute Gasteiger partial charge is 0.463 e. The van der Waals surface area contributed by atoms with Crippen molar-refractivity contribution in [3.05, 3.63) is 23.2 Å². The Morgan fingerprint density at radius 3 is 2.90 bits per heavy atom. The van der Waals surface area contributed by atoms with E-state index in [0.29, 0.717) is 0 Å².